The van der Waals surface area contributed by atoms with Crippen LogP contribution in [0.15, 0.2) is 72.8 Å². The predicted octanol–water partition coefficient (Wildman–Crippen LogP) is 2.46. The van der Waals surface area contributed by atoms with E-state index in [0.29, 0.717) is 5.56 Å². The highest BCUT2D eigenvalue weighted by Gasteiger charge is 2.50. The van der Waals surface area contributed by atoms with Gasteiger partial charge in [-0.3, -0.25) is 24.8 Å². The number of amides is 4. The SMILES string of the molecule is C[C@@]1(c2ccccc2)NC(=O)N(NC(=O)CN2CCN(Cc3cccc4ccccc34)CC2)C1=O. The molecular weight excluding hydrogens is 442 g/mol. The highest BCUT2D eigenvalue weighted by molar-refractivity contribution is 6.08. The van der Waals surface area contributed by atoms with E-state index in [1.807, 2.05) is 11.0 Å². The zero-order valence-electron chi connectivity index (χ0n) is 19.7. The van der Waals surface area contributed by atoms with Crippen molar-refractivity contribution in [2.75, 3.05) is 32.7 Å². The molecule has 0 saturated carbocycles. The molecule has 2 heterocycles. The fourth-order valence-corrected chi connectivity index (χ4v) is 4.85. The molecule has 4 amide bonds. The standard InChI is InChI=1S/C27H29N5O3/c1-27(22-11-3-2-4-12-22)25(34)32(26(35)28-27)29-24(33)19-31-16-14-30(15-17-31)18-21-10-7-9-20-8-5-6-13-23(20)21/h2-13H,14-19H2,1H3,(H,28,35)(H,29,33)/t27-/m0/s1. The van der Waals surface area contributed by atoms with E-state index in [9.17, 15) is 14.4 Å². The molecule has 2 fully saturated rings. The minimum Gasteiger partial charge on any atom is -0.318 e. The number of urea groups is 1. The molecule has 0 aromatic heterocycles. The van der Waals surface area contributed by atoms with Crippen LogP contribution >= 0.6 is 0 Å². The van der Waals surface area contributed by atoms with Gasteiger partial charge in [0, 0.05) is 32.7 Å². The van der Waals surface area contributed by atoms with Gasteiger partial charge in [0.25, 0.3) is 11.8 Å². The fourth-order valence-electron chi connectivity index (χ4n) is 4.85. The summed E-state index contributed by atoms with van der Waals surface area (Å²) in [4.78, 5) is 42.6. The number of imide groups is 1. The van der Waals surface area contributed by atoms with Gasteiger partial charge in [0.05, 0.1) is 6.54 Å². The van der Waals surface area contributed by atoms with Gasteiger partial charge in [-0.25, -0.2) is 4.79 Å². The third-order valence-corrected chi connectivity index (χ3v) is 6.88. The van der Waals surface area contributed by atoms with E-state index in [1.165, 1.54) is 16.3 Å². The lowest BCUT2D eigenvalue weighted by molar-refractivity contribution is -0.139. The smallest absolute Gasteiger partial charge is 0.318 e. The van der Waals surface area contributed by atoms with E-state index in [0.717, 1.165) is 37.7 Å². The van der Waals surface area contributed by atoms with Crippen LogP contribution in [0.5, 0.6) is 0 Å². The topological polar surface area (TPSA) is 85.0 Å². The van der Waals surface area contributed by atoms with E-state index in [2.05, 4.69) is 58.1 Å². The number of fused-ring (bicyclic) bond motifs is 1. The molecule has 1 atom stereocenters. The van der Waals surface area contributed by atoms with Crippen LogP contribution in [0.25, 0.3) is 10.8 Å². The first kappa shape index (κ1) is 23.0. The van der Waals surface area contributed by atoms with E-state index in [1.54, 1.807) is 31.2 Å². The number of carbonyl (C=O) groups excluding carboxylic acids is 3. The zero-order valence-corrected chi connectivity index (χ0v) is 19.7. The number of nitrogens with one attached hydrogen (secondary N) is 2. The Labute approximate surface area is 204 Å². The van der Waals surface area contributed by atoms with Crippen molar-refractivity contribution in [1.82, 2.24) is 25.6 Å². The molecule has 8 nitrogen and oxygen atoms in total. The highest BCUT2D eigenvalue weighted by Crippen LogP contribution is 2.27. The Balaban J connectivity index is 1.14. The Kier molecular flexibility index (Phi) is 6.23. The molecule has 0 radical (unpaired) electrons. The Morgan fingerprint density at radius 2 is 1.54 bits per heavy atom. The van der Waals surface area contributed by atoms with Crippen molar-refractivity contribution in [3.8, 4) is 0 Å². The van der Waals surface area contributed by atoms with Crippen LogP contribution in [-0.2, 0) is 21.7 Å². The molecule has 0 bridgehead atoms. The lowest BCUT2D eigenvalue weighted by Gasteiger charge is -2.34. The van der Waals surface area contributed by atoms with Crippen molar-refractivity contribution in [3.05, 3.63) is 83.9 Å². The lowest BCUT2D eigenvalue weighted by atomic mass is 9.92. The van der Waals surface area contributed by atoms with Crippen molar-refractivity contribution in [1.29, 1.82) is 0 Å². The summed E-state index contributed by atoms with van der Waals surface area (Å²) in [5.41, 5.74) is 3.25. The third kappa shape index (κ3) is 4.62. The summed E-state index contributed by atoms with van der Waals surface area (Å²) in [6.07, 6.45) is 0. The number of hydrogen-bond acceptors (Lipinski definition) is 5. The van der Waals surface area contributed by atoms with Gasteiger partial charge in [0.15, 0.2) is 0 Å². The molecule has 35 heavy (non-hydrogen) atoms. The quantitative estimate of drug-likeness (QED) is 0.540. The largest absolute Gasteiger partial charge is 0.344 e. The molecule has 0 unspecified atom stereocenters. The van der Waals surface area contributed by atoms with Gasteiger partial charge in [0.2, 0.25) is 0 Å². The summed E-state index contributed by atoms with van der Waals surface area (Å²) in [5, 5.41) is 6.01. The van der Waals surface area contributed by atoms with Crippen LogP contribution in [0.1, 0.15) is 18.1 Å². The van der Waals surface area contributed by atoms with E-state index < -0.39 is 17.5 Å². The Bertz CT molecular complexity index is 1250. The molecule has 180 valence electrons. The van der Waals surface area contributed by atoms with Crippen molar-refractivity contribution in [2.24, 2.45) is 0 Å². The minimum atomic E-state index is -1.21. The summed E-state index contributed by atoms with van der Waals surface area (Å²) in [6.45, 7) is 5.78. The number of carbonyl (C=O) groups is 3. The second kappa shape index (κ2) is 9.48. The van der Waals surface area contributed by atoms with Gasteiger partial charge in [0.1, 0.15) is 5.54 Å². The molecular formula is C27H29N5O3. The Morgan fingerprint density at radius 3 is 2.31 bits per heavy atom. The number of nitrogens with zero attached hydrogens (tertiary/aromatic N) is 3. The average Bonchev–Trinajstić information content (AvgIpc) is 3.10. The first-order valence-electron chi connectivity index (χ1n) is 11.9. The van der Waals surface area contributed by atoms with Gasteiger partial charge < -0.3 is 5.32 Å². The predicted molar refractivity (Wildman–Crippen MR) is 133 cm³/mol. The molecule has 8 heteroatoms. The molecule has 3 aromatic rings. The average molecular weight is 472 g/mol. The molecule has 2 N–H and O–H groups in total. The highest BCUT2D eigenvalue weighted by atomic mass is 16.2. The van der Waals surface area contributed by atoms with Crippen molar-refractivity contribution in [3.63, 3.8) is 0 Å². The second-order valence-electron chi connectivity index (χ2n) is 9.29. The van der Waals surface area contributed by atoms with Gasteiger partial charge >= 0.3 is 6.03 Å². The van der Waals surface area contributed by atoms with Crippen molar-refractivity contribution < 1.29 is 14.4 Å². The normalized spacial score (nSPS) is 21.3. The lowest BCUT2D eigenvalue weighted by Crippen LogP contribution is -2.53. The zero-order chi connectivity index (χ0) is 24.4. The van der Waals surface area contributed by atoms with Crippen molar-refractivity contribution in [2.45, 2.75) is 19.0 Å². The van der Waals surface area contributed by atoms with Crippen LogP contribution in [0, 0.1) is 0 Å². The number of rotatable bonds is 6. The van der Waals surface area contributed by atoms with Crippen LogP contribution < -0.4 is 10.7 Å². The first-order chi connectivity index (χ1) is 16.9. The number of benzene rings is 3. The maximum atomic E-state index is 13.0. The van der Waals surface area contributed by atoms with Gasteiger partial charge in [-0.1, -0.05) is 72.8 Å². The van der Waals surface area contributed by atoms with Crippen LogP contribution in [0.3, 0.4) is 0 Å². The fraction of sp³-hybridized carbons (Fsp3) is 0.296. The first-order valence-corrected chi connectivity index (χ1v) is 11.9. The third-order valence-electron chi connectivity index (χ3n) is 6.88. The molecule has 3 aromatic carbocycles. The van der Waals surface area contributed by atoms with Crippen LogP contribution in [0.2, 0.25) is 0 Å². The monoisotopic (exact) mass is 471 g/mol. The van der Waals surface area contributed by atoms with E-state index in [-0.39, 0.29) is 12.5 Å². The minimum absolute atomic E-state index is 0.126. The number of hydrazine groups is 1. The summed E-state index contributed by atoms with van der Waals surface area (Å²) in [6, 6.07) is 23.2. The summed E-state index contributed by atoms with van der Waals surface area (Å²) in [7, 11) is 0. The summed E-state index contributed by atoms with van der Waals surface area (Å²) >= 11 is 0. The molecule has 0 spiro atoms. The Morgan fingerprint density at radius 1 is 0.886 bits per heavy atom. The molecule has 2 aliphatic heterocycles. The van der Waals surface area contributed by atoms with Crippen LogP contribution in [0.4, 0.5) is 4.79 Å². The maximum Gasteiger partial charge on any atom is 0.344 e. The van der Waals surface area contributed by atoms with Gasteiger partial charge in [-0.15, -0.1) is 0 Å². The van der Waals surface area contributed by atoms with Crippen molar-refractivity contribution >= 4 is 28.6 Å². The summed E-state index contributed by atoms with van der Waals surface area (Å²) < 4.78 is 0. The molecule has 0 aliphatic carbocycles. The van der Waals surface area contributed by atoms with E-state index in [4.69, 9.17) is 0 Å². The number of hydrogen-bond donors (Lipinski definition) is 2. The van der Waals surface area contributed by atoms with E-state index >= 15 is 0 Å². The number of piperazine rings is 1. The Hall–Kier alpha value is -3.75. The summed E-state index contributed by atoms with van der Waals surface area (Å²) in [5.74, 6) is -0.879. The van der Waals surface area contributed by atoms with Crippen LogP contribution in [-0.4, -0.2) is 65.4 Å². The molecule has 5 rings (SSSR count). The van der Waals surface area contributed by atoms with Gasteiger partial charge in [-0.05, 0) is 28.8 Å². The van der Waals surface area contributed by atoms with Gasteiger partial charge in [-0.2, -0.15) is 5.01 Å². The molecule has 2 saturated heterocycles. The second-order valence-corrected chi connectivity index (χ2v) is 9.29. The molecule has 2 aliphatic rings. The maximum absolute atomic E-state index is 13.0.